The number of nitrogens with zero attached hydrogens (tertiary/aromatic N) is 2. The molecule has 2 aromatic carbocycles. The van der Waals surface area contributed by atoms with Crippen LogP contribution in [0, 0.1) is 20.2 Å². The van der Waals surface area contributed by atoms with Gasteiger partial charge in [-0.2, -0.15) is 0 Å². The molecule has 0 saturated heterocycles. The van der Waals surface area contributed by atoms with Gasteiger partial charge in [0.05, 0.1) is 35.2 Å². The van der Waals surface area contributed by atoms with E-state index in [1.165, 1.54) is 46.3 Å². The Morgan fingerprint density at radius 1 is 0.879 bits per heavy atom. The summed E-state index contributed by atoms with van der Waals surface area (Å²) in [4.78, 5) is 53.2. The number of rotatable bonds is 7. The van der Waals surface area contributed by atoms with E-state index < -0.39 is 45.0 Å². The summed E-state index contributed by atoms with van der Waals surface area (Å²) in [7, 11) is 2.34. The number of hydrogen-bond acceptors (Lipinski definition) is 11. The number of Topliss-reactive ketones (excluding diaryl/α,β-unsaturated/α-hetero) is 1. The van der Waals surface area contributed by atoms with Crippen molar-refractivity contribution in [2.24, 2.45) is 0 Å². The lowest BCUT2D eigenvalue weighted by atomic mass is 10.2. The highest BCUT2D eigenvalue weighted by Crippen LogP contribution is 2.29. The van der Waals surface area contributed by atoms with Gasteiger partial charge in [0.15, 0.2) is 23.4 Å². The standard InChI is InChI=1S/C12H13NO6.C8H7NO5/c1-7(14)8(2)19-11-5-4-9(12(15)18-3)6-10(11)13(16)17;1-14-8(11)5-2-3-7(10)6(4-5)9(12)13/h4-6,8H,1-3H3;2-4,10H,1H3/t8-;/m1./s1. The maximum absolute atomic E-state index is 11.3. The number of nitro groups is 2. The number of benzene rings is 2. The SMILES string of the molecule is COC(=O)c1ccc(O)c([N+](=O)[O-])c1.COC(=O)c1ccc(O[C@H](C)C(C)=O)c([N+](=O)[O-])c1. The fourth-order valence-electron chi connectivity index (χ4n) is 2.19. The first-order valence-electron chi connectivity index (χ1n) is 9.02. The molecule has 0 aliphatic carbocycles. The molecule has 0 radical (unpaired) electrons. The van der Waals surface area contributed by atoms with Crippen molar-refractivity contribution in [1.29, 1.82) is 0 Å². The molecule has 0 spiro atoms. The number of carbonyl (C=O) groups is 3. The van der Waals surface area contributed by atoms with Crippen LogP contribution in [0.4, 0.5) is 11.4 Å². The minimum absolute atomic E-state index is 0.0250. The number of aromatic hydroxyl groups is 1. The van der Waals surface area contributed by atoms with Crippen molar-refractivity contribution in [2.45, 2.75) is 20.0 Å². The van der Waals surface area contributed by atoms with Crippen LogP contribution in [-0.4, -0.2) is 53.0 Å². The molecule has 13 heteroatoms. The summed E-state index contributed by atoms with van der Waals surface area (Å²) < 4.78 is 14.0. The van der Waals surface area contributed by atoms with Gasteiger partial charge in [-0.05, 0) is 38.1 Å². The summed E-state index contributed by atoms with van der Waals surface area (Å²) in [5, 5.41) is 30.4. The lowest BCUT2D eigenvalue weighted by molar-refractivity contribution is -0.386. The van der Waals surface area contributed by atoms with E-state index in [1.807, 2.05) is 0 Å². The highest BCUT2D eigenvalue weighted by molar-refractivity contribution is 5.91. The number of hydrogen-bond donors (Lipinski definition) is 1. The monoisotopic (exact) mass is 464 g/mol. The second-order valence-electron chi connectivity index (χ2n) is 6.25. The number of phenolic OH excluding ortho intramolecular Hbond substituents is 1. The van der Waals surface area contributed by atoms with E-state index in [0.29, 0.717) is 0 Å². The Kier molecular flexibility index (Phi) is 9.42. The second kappa shape index (κ2) is 11.7. The van der Waals surface area contributed by atoms with Crippen molar-refractivity contribution >= 4 is 29.1 Å². The van der Waals surface area contributed by atoms with Gasteiger partial charge in [-0.1, -0.05) is 0 Å². The van der Waals surface area contributed by atoms with Gasteiger partial charge in [-0.3, -0.25) is 25.0 Å². The highest BCUT2D eigenvalue weighted by atomic mass is 16.6. The average molecular weight is 464 g/mol. The summed E-state index contributed by atoms with van der Waals surface area (Å²) in [6.07, 6.45) is -0.803. The maximum atomic E-state index is 11.3. The lowest BCUT2D eigenvalue weighted by Crippen LogP contribution is -2.21. The molecule has 0 bridgehead atoms. The van der Waals surface area contributed by atoms with Gasteiger partial charge in [0.1, 0.15) is 0 Å². The molecule has 0 aliphatic rings. The van der Waals surface area contributed by atoms with Crippen molar-refractivity contribution in [3.05, 3.63) is 67.8 Å². The molecular formula is C20H20N2O11. The Hall–Kier alpha value is -4.55. The zero-order valence-electron chi connectivity index (χ0n) is 18.0. The first kappa shape index (κ1) is 26.5. The lowest BCUT2D eigenvalue weighted by Gasteiger charge is -2.12. The second-order valence-corrected chi connectivity index (χ2v) is 6.25. The van der Waals surface area contributed by atoms with E-state index in [4.69, 9.17) is 9.84 Å². The van der Waals surface area contributed by atoms with Crippen LogP contribution < -0.4 is 4.74 Å². The molecule has 33 heavy (non-hydrogen) atoms. The zero-order chi connectivity index (χ0) is 25.3. The van der Waals surface area contributed by atoms with Gasteiger partial charge in [-0.15, -0.1) is 0 Å². The number of ether oxygens (including phenoxy) is 3. The molecule has 0 aliphatic heterocycles. The number of nitro benzene ring substituents is 2. The van der Waals surface area contributed by atoms with Crippen molar-refractivity contribution in [3.63, 3.8) is 0 Å². The molecule has 1 N–H and O–H groups in total. The molecule has 0 amide bonds. The predicted octanol–water partition coefficient (Wildman–Crippen LogP) is 2.82. The Morgan fingerprint density at radius 2 is 1.33 bits per heavy atom. The molecule has 2 aromatic rings. The Balaban J connectivity index is 0.000000346. The summed E-state index contributed by atoms with van der Waals surface area (Å²) in [5.41, 5.74) is -0.849. The van der Waals surface area contributed by atoms with Crippen LogP contribution in [0.3, 0.4) is 0 Å². The van der Waals surface area contributed by atoms with E-state index in [-0.39, 0.29) is 22.7 Å². The fraction of sp³-hybridized carbons (Fsp3) is 0.250. The van der Waals surface area contributed by atoms with Crippen molar-refractivity contribution in [3.8, 4) is 11.5 Å². The van der Waals surface area contributed by atoms with Crippen LogP contribution in [0.5, 0.6) is 11.5 Å². The summed E-state index contributed by atoms with van der Waals surface area (Å²) in [6.45, 7) is 2.81. The minimum atomic E-state index is -0.803. The van der Waals surface area contributed by atoms with E-state index in [9.17, 15) is 34.6 Å². The Morgan fingerprint density at radius 3 is 1.76 bits per heavy atom. The Bertz CT molecular complexity index is 1080. The van der Waals surface area contributed by atoms with Crippen LogP contribution in [0.1, 0.15) is 34.6 Å². The minimum Gasteiger partial charge on any atom is -0.502 e. The number of esters is 2. The van der Waals surface area contributed by atoms with Gasteiger partial charge >= 0.3 is 23.3 Å². The van der Waals surface area contributed by atoms with Crippen LogP contribution in [0.25, 0.3) is 0 Å². The van der Waals surface area contributed by atoms with E-state index >= 15 is 0 Å². The molecule has 176 valence electrons. The van der Waals surface area contributed by atoms with Crippen LogP contribution >= 0.6 is 0 Å². The van der Waals surface area contributed by atoms with E-state index in [2.05, 4.69) is 9.47 Å². The van der Waals surface area contributed by atoms with Crippen molar-refractivity contribution in [2.75, 3.05) is 14.2 Å². The van der Waals surface area contributed by atoms with Crippen molar-refractivity contribution in [1.82, 2.24) is 0 Å². The maximum Gasteiger partial charge on any atom is 0.338 e. The quantitative estimate of drug-likeness (QED) is 0.361. The molecule has 0 fully saturated rings. The number of phenols is 1. The topological polar surface area (TPSA) is 185 Å². The number of methoxy groups -OCH3 is 2. The number of carbonyl (C=O) groups excluding carboxylic acids is 3. The zero-order valence-corrected chi connectivity index (χ0v) is 18.0. The predicted molar refractivity (Wildman–Crippen MR) is 111 cm³/mol. The van der Waals surface area contributed by atoms with Crippen LogP contribution in [0.15, 0.2) is 36.4 Å². The van der Waals surface area contributed by atoms with Crippen LogP contribution in [0.2, 0.25) is 0 Å². The molecule has 0 aromatic heterocycles. The van der Waals surface area contributed by atoms with E-state index in [0.717, 1.165) is 18.2 Å². The molecule has 0 saturated carbocycles. The average Bonchev–Trinajstić information content (AvgIpc) is 2.78. The molecular weight excluding hydrogens is 444 g/mol. The molecule has 13 nitrogen and oxygen atoms in total. The molecule has 2 rings (SSSR count). The smallest absolute Gasteiger partial charge is 0.338 e. The fourth-order valence-corrected chi connectivity index (χ4v) is 2.19. The van der Waals surface area contributed by atoms with Gasteiger partial charge in [0.25, 0.3) is 0 Å². The molecule has 1 atom stereocenters. The normalized spacial score (nSPS) is 10.7. The summed E-state index contributed by atoms with van der Waals surface area (Å²) in [6, 6.07) is 6.93. The van der Waals surface area contributed by atoms with Gasteiger partial charge in [-0.25, -0.2) is 9.59 Å². The largest absolute Gasteiger partial charge is 0.502 e. The summed E-state index contributed by atoms with van der Waals surface area (Å²) >= 11 is 0. The molecule has 0 unspecified atom stereocenters. The first-order valence-corrected chi connectivity index (χ1v) is 9.02. The van der Waals surface area contributed by atoms with Gasteiger partial charge < -0.3 is 19.3 Å². The summed E-state index contributed by atoms with van der Waals surface area (Å²) in [5.74, 6) is -2.18. The number of ketones is 1. The van der Waals surface area contributed by atoms with Crippen LogP contribution in [-0.2, 0) is 14.3 Å². The van der Waals surface area contributed by atoms with Gasteiger partial charge in [0.2, 0.25) is 0 Å². The third kappa shape index (κ3) is 7.27. The third-order valence-corrected chi connectivity index (χ3v) is 4.05. The van der Waals surface area contributed by atoms with Gasteiger partial charge in [0, 0.05) is 12.1 Å². The van der Waals surface area contributed by atoms with Crippen molar-refractivity contribution < 1.29 is 43.5 Å². The molecule has 0 heterocycles. The highest BCUT2D eigenvalue weighted by Gasteiger charge is 2.22. The van der Waals surface area contributed by atoms with E-state index in [1.54, 1.807) is 0 Å². The Labute approximate surface area is 186 Å². The first-order chi connectivity index (χ1) is 15.4. The third-order valence-electron chi connectivity index (χ3n) is 4.05.